The number of fused-ring (bicyclic) bond motifs is 1. The third-order valence-electron chi connectivity index (χ3n) is 6.85. The van der Waals surface area contributed by atoms with E-state index in [0.29, 0.717) is 21.9 Å². The number of halogens is 6. The predicted octanol–water partition coefficient (Wildman–Crippen LogP) is 8.23. The van der Waals surface area contributed by atoms with Crippen molar-refractivity contribution in [3.63, 3.8) is 0 Å². The monoisotopic (exact) mass is 633 g/mol. The number of amides is 1. The molecule has 0 saturated carbocycles. The molecule has 0 bridgehead atoms. The van der Waals surface area contributed by atoms with Crippen molar-refractivity contribution in [1.82, 2.24) is 0 Å². The van der Waals surface area contributed by atoms with E-state index in [9.17, 15) is 18.0 Å². The summed E-state index contributed by atoms with van der Waals surface area (Å²) in [6.07, 6.45) is -4.05. The number of carbonyl (C=O) groups excluding carboxylic acids is 1. The quantitative estimate of drug-likeness (QED) is 0.120. The van der Waals surface area contributed by atoms with E-state index >= 15 is 0 Å². The van der Waals surface area contributed by atoms with E-state index in [0.717, 1.165) is 17.7 Å². The van der Waals surface area contributed by atoms with Crippen molar-refractivity contribution in [1.29, 1.82) is 0 Å². The number of nitrogens with two attached hydrogens (primary N) is 1. The van der Waals surface area contributed by atoms with Crippen molar-refractivity contribution in [3.05, 3.63) is 116 Å². The highest BCUT2D eigenvalue weighted by Crippen LogP contribution is 2.51. The Balaban J connectivity index is 1.53. The van der Waals surface area contributed by atoms with E-state index in [2.05, 4.69) is 10.3 Å². The predicted molar refractivity (Wildman–Crippen MR) is 157 cm³/mol. The molecule has 1 aliphatic rings. The molecule has 0 spiro atoms. The van der Waals surface area contributed by atoms with Gasteiger partial charge in [0.25, 0.3) is 5.60 Å². The Morgan fingerprint density at radius 1 is 1.02 bits per heavy atom. The third-order valence-corrected chi connectivity index (χ3v) is 8.05. The van der Waals surface area contributed by atoms with Crippen molar-refractivity contribution in [2.45, 2.75) is 31.2 Å². The molecular formula is C30H21Cl3F3N3O3. The maximum Gasteiger partial charge on any atom is 0.435 e. The molecule has 4 aromatic rings. The highest BCUT2D eigenvalue weighted by atomic mass is 35.5. The highest BCUT2D eigenvalue weighted by Gasteiger charge is 2.62. The van der Waals surface area contributed by atoms with E-state index < -0.39 is 24.1 Å². The first-order valence-corrected chi connectivity index (χ1v) is 13.6. The van der Waals surface area contributed by atoms with Gasteiger partial charge in [-0.1, -0.05) is 99.7 Å². The van der Waals surface area contributed by atoms with Gasteiger partial charge in [-0.2, -0.15) is 13.2 Å². The summed E-state index contributed by atoms with van der Waals surface area (Å²) in [6.45, 7) is 0.232. The summed E-state index contributed by atoms with van der Waals surface area (Å²) in [5.41, 5.74) is 4.40. The van der Waals surface area contributed by atoms with E-state index in [1.165, 1.54) is 6.21 Å². The Kier molecular flexibility index (Phi) is 8.37. The molecule has 2 N–H and O–H groups in total. The second kappa shape index (κ2) is 11.8. The average Bonchev–Trinajstić information content (AvgIpc) is 3.42. The molecule has 1 aliphatic heterocycles. The smallest absolute Gasteiger partial charge is 0.391 e. The molecule has 5 rings (SSSR count). The Labute approximate surface area is 253 Å². The summed E-state index contributed by atoms with van der Waals surface area (Å²) < 4.78 is 44.0. The van der Waals surface area contributed by atoms with Crippen LogP contribution in [0.1, 0.15) is 39.0 Å². The maximum atomic E-state index is 14.7. The SMILES string of the molecule is NC(=O)c1c(CC=NOCc2ccccc2)cc(C2=NOC(c3cc(Cl)c(Cl)c(Cl)c3)(C(F)(F)F)C2)c2ccccc12. The summed E-state index contributed by atoms with van der Waals surface area (Å²) in [7, 11) is 0. The summed E-state index contributed by atoms with van der Waals surface area (Å²) in [4.78, 5) is 23.1. The molecule has 0 saturated heterocycles. The zero-order chi connectivity index (χ0) is 30.1. The number of hydrogen-bond donors (Lipinski definition) is 1. The van der Waals surface area contributed by atoms with Gasteiger partial charge in [0.15, 0.2) is 0 Å². The van der Waals surface area contributed by atoms with Crippen LogP contribution < -0.4 is 5.73 Å². The van der Waals surface area contributed by atoms with Crippen LogP contribution in [-0.4, -0.2) is 24.0 Å². The largest absolute Gasteiger partial charge is 0.435 e. The molecule has 12 heteroatoms. The van der Waals surface area contributed by atoms with Crippen LogP contribution in [-0.2, 0) is 28.3 Å². The number of benzene rings is 4. The minimum absolute atomic E-state index is 0.000238. The molecule has 4 aromatic carbocycles. The van der Waals surface area contributed by atoms with Crippen LogP contribution in [0.4, 0.5) is 13.2 Å². The number of rotatable bonds is 8. The minimum atomic E-state index is -4.91. The Bertz CT molecular complexity index is 1710. The van der Waals surface area contributed by atoms with Crippen LogP contribution in [0.15, 0.2) is 83.1 Å². The van der Waals surface area contributed by atoms with Crippen LogP contribution >= 0.6 is 34.8 Å². The first-order chi connectivity index (χ1) is 20.0. The van der Waals surface area contributed by atoms with Crippen molar-refractivity contribution in [2.24, 2.45) is 16.0 Å². The van der Waals surface area contributed by atoms with Gasteiger partial charge in [0.1, 0.15) is 6.61 Å². The van der Waals surface area contributed by atoms with E-state index in [-0.39, 0.29) is 44.9 Å². The van der Waals surface area contributed by atoms with Gasteiger partial charge in [0, 0.05) is 30.2 Å². The molecule has 1 unspecified atom stereocenters. The fraction of sp³-hybridized carbons (Fsp3) is 0.167. The Morgan fingerprint density at radius 3 is 2.31 bits per heavy atom. The van der Waals surface area contributed by atoms with Gasteiger partial charge < -0.3 is 15.4 Å². The highest BCUT2D eigenvalue weighted by molar-refractivity contribution is 6.48. The summed E-state index contributed by atoms with van der Waals surface area (Å²) in [5, 5.41) is 8.39. The summed E-state index contributed by atoms with van der Waals surface area (Å²) in [6, 6.07) is 19.8. The van der Waals surface area contributed by atoms with Crippen LogP contribution in [0.5, 0.6) is 0 Å². The van der Waals surface area contributed by atoms with Crippen molar-refractivity contribution >= 4 is 63.4 Å². The summed E-state index contributed by atoms with van der Waals surface area (Å²) >= 11 is 18.1. The zero-order valence-electron chi connectivity index (χ0n) is 21.6. The van der Waals surface area contributed by atoms with Gasteiger partial charge in [0.05, 0.1) is 26.3 Å². The van der Waals surface area contributed by atoms with Crippen molar-refractivity contribution in [2.75, 3.05) is 0 Å². The fourth-order valence-electron chi connectivity index (χ4n) is 4.84. The zero-order valence-corrected chi connectivity index (χ0v) is 23.9. The molecule has 0 fully saturated rings. The molecule has 42 heavy (non-hydrogen) atoms. The molecule has 1 atom stereocenters. The maximum absolute atomic E-state index is 14.7. The number of alkyl halides is 3. The lowest BCUT2D eigenvalue weighted by molar-refractivity contribution is -0.275. The molecule has 1 amide bonds. The van der Waals surface area contributed by atoms with Crippen LogP contribution in [0.3, 0.4) is 0 Å². The lowest BCUT2D eigenvalue weighted by Gasteiger charge is -2.30. The second-order valence-electron chi connectivity index (χ2n) is 9.50. The minimum Gasteiger partial charge on any atom is -0.391 e. The normalized spacial score (nSPS) is 17.0. The third kappa shape index (κ3) is 5.64. The van der Waals surface area contributed by atoms with E-state index in [1.54, 1.807) is 30.3 Å². The van der Waals surface area contributed by atoms with Gasteiger partial charge in [-0.25, -0.2) is 0 Å². The number of carbonyl (C=O) groups is 1. The molecular weight excluding hydrogens is 614 g/mol. The van der Waals surface area contributed by atoms with Gasteiger partial charge in [-0.15, -0.1) is 0 Å². The first-order valence-electron chi connectivity index (χ1n) is 12.5. The fourth-order valence-corrected chi connectivity index (χ4v) is 5.43. The molecule has 0 aliphatic carbocycles. The lowest BCUT2D eigenvalue weighted by Crippen LogP contribution is -2.42. The van der Waals surface area contributed by atoms with E-state index in [4.69, 9.17) is 50.2 Å². The van der Waals surface area contributed by atoms with Gasteiger partial charge in [-0.05, 0) is 40.1 Å². The standard InChI is InChI=1S/C30H21Cl3F3N3O3/c31-23-13-19(14-24(32)27(23)33)29(30(34,35)36)15-25(39-42-29)22-12-18(10-11-38-41-16-17-6-2-1-3-7-17)26(28(37)40)21-9-5-4-8-20(21)22/h1-9,11-14H,10,15-16H2,(H2,37,40). The van der Waals surface area contributed by atoms with Crippen LogP contribution in [0.25, 0.3) is 10.8 Å². The van der Waals surface area contributed by atoms with Crippen molar-refractivity contribution in [3.8, 4) is 0 Å². The lowest BCUT2D eigenvalue weighted by atomic mass is 9.84. The number of primary amides is 1. The summed E-state index contributed by atoms with van der Waals surface area (Å²) in [5.74, 6) is -0.703. The number of hydrogen-bond acceptors (Lipinski definition) is 5. The molecule has 0 aromatic heterocycles. The Hall–Kier alpha value is -3.79. The van der Waals surface area contributed by atoms with Gasteiger partial charge in [-0.3, -0.25) is 4.79 Å². The Morgan fingerprint density at radius 2 is 1.67 bits per heavy atom. The molecule has 1 heterocycles. The number of nitrogens with zero attached hydrogens (tertiary/aromatic N) is 2. The van der Waals surface area contributed by atoms with E-state index in [1.807, 2.05) is 30.3 Å². The topological polar surface area (TPSA) is 86.3 Å². The second-order valence-corrected chi connectivity index (χ2v) is 10.7. The average molecular weight is 635 g/mol. The number of oxime groups is 2. The van der Waals surface area contributed by atoms with Gasteiger partial charge >= 0.3 is 6.18 Å². The molecule has 216 valence electrons. The van der Waals surface area contributed by atoms with Crippen molar-refractivity contribution < 1.29 is 27.6 Å². The first kappa shape index (κ1) is 29.7. The molecule has 0 radical (unpaired) electrons. The van der Waals surface area contributed by atoms with Gasteiger partial charge in [0.2, 0.25) is 5.91 Å². The van der Waals surface area contributed by atoms with Crippen LogP contribution in [0, 0.1) is 0 Å². The van der Waals surface area contributed by atoms with Crippen LogP contribution in [0.2, 0.25) is 15.1 Å². The molecule has 6 nitrogen and oxygen atoms in total.